The van der Waals surface area contributed by atoms with Crippen LogP contribution in [0, 0.1) is 0 Å². The van der Waals surface area contributed by atoms with Crippen molar-refractivity contribution in [2.75, 3.05) is 13.1 Å². The van der Waals surface area contributed by atoms with Crippen molar-refractivity contribution in [2.45, 2.75) is 120 Å². The van der Waals surface area contributed by atoms with Gasteiger partial charge in [0.1, 0.15) is 17.7 Å². The number of nitrogens with one attached hydrogen (secondary N) is 2. The van der Waals surface area contributed by atoms with Crippen molar-refractivity contribution in [1.82, 2.24) is 20.4 Å². The van der Waals surface area contributed by atoms with Crippen molar-refractivity contribution in [3.8, 4) is 0 Å². The van der Waals surface area contributed by atoms with Crippen LogP contribution in [0.5, 0.6) is 0 Å². The molecule has 1 aromatic rings. The number of benzene rings is 1. The maximum Gasteiger partial charge on any atom is 0.332 e. The largest absolute Gasteiger partial charge is 0.480 e. The number of carbonyl (C=O) groups is 6. The molecule has 2 aliphatic heterocycles. The lowest BCUT2D eigenvalue weighted by Gasteiger charge is -2.37. The van der Waals surface area contributed by atoms with Gasteiger partial charge in [0.15, 0.2) is 0 Å². The molecule has 0 bridgehead atoms. The summed E-state index contributed by atoms with van der Waals surface area (Å²) in [6.07, 6.45) is 11.3. The number of carboxylic acid groups (broad SMARTS) is 1. The van der Waals surface area contributed by atoms with Crippen LogP contribution in [0.2, 0.25) is 0 Å². The molecule has 45 heavy (non-hydrogen) atoms. The number of carboxylic acids is 1. The van der Waals surface area contributed by atoms with Crippen LogP contribution in [0.15, 0.2) is 30.3 Å². The van der Waals surface area contributed by atoms with Crippen LogP contribution in [0.4, 0.5) is 9.59 Å². The molecule has 2 saturated carbocycles. The zero-order chi connectivity index (χ0) is 32.3. The smallest absolute Gasteiger partial charge is 0.332 e. The molecule has 12 nitrogen and oxygen atoms in total. The van der Waals surface area contributed by atoms with Crippen molar-refractivity contribution < 1.29 is 38.6 Å². The molecule has 6 amide bonds. The molecule has 5 rings (SSSR count). The number of imide groups is 2. The average molecular weight is 627 g/mol. The van der Waals surface area contributed by atoms with E-state index in [9.17, 15) is 33.9 Å². The summed E-state index contributed by atoms with van der Waals surface area (Å²) in [4.78, 5) is 75.2. The van der Waals surface area contributed by atoms with Crippen LogP contribution in [0.25, 0.3) is 0 Å². The zero-order valence-electron chi connectivity index (χ0n) is 26.0. The lowest BCUT2D eigenvalue weighted by molar-refractivity contribution is -0.154. The number of urea groups is 2. The Morgan fingerprint density at radius 1 is 0.667 bits per heavy atom. The van der Waals surface area contributed by atoms with Gasteiger partial charge in [0.2, 0.25) is 11.8 Å². The first-order valence-corrected chi connectivity index (χ1v) is 16.4. The number of nitrogens with zero attached hydrogens (tertiary/aromatic N) is 2. The Bertz CT molecular complexity index is 1220. The Labute approximate surface area is 264 Å². The number of hydrogen-bond donors (Lipinski definition) is 3. The van der Waals surface area contributed by atoms with Gasteiger partial charge in [-0.3, -0.25) is 19.4 Å². The Balaban J connectivity index is 0.000000215. The molecular formula is C33H46N4O8. The molecule has 0 aromatic heterocycles. The third-order valence-corrected chi connectivity index (χ3v) is 9.26. The van der Waals surface area contributed by atoms with E-state index >= 15 is 0 Å². The highest BCUT2D eigenvalue weighted by Gasteiger charge is 2.44. The molecule has 2 saturated heterocycles. The van der Waals surface area contributed by atoms with Crippen molar-refractivity contribution in [3.05, 3.63) is 35.9 Å². The number of piperidine rings is 2. The predicted octanol–water partition coefficient (Wildman–Crippen LogP) is 4.65. The maximum absolute atomic E-state index is 12.9. The fourth-order valence-electron chi connectivity index (χ4n) is 6.53. The third kappa shape index (κ3) is 8.82. The summed E-state index contributed by atoms with van der Waals surface area (Å²) in [7, 11) is 0. The molecule has 2 aliphatic carbocycles. The van der Waals surface area contributed by atoms with Gasteiger partial charge < -0.3 is 20.5 Å². The predicted molar refractivity (Wildman–Crippen MR) is 164 cm³/mol. The average Bonchev–Trinajstić information content (AvgIpc) is 3.05. The highest BCUT2D eigenvalue weighted by molar-refractivity contribution is 5.98. The lowest BCUT2D eigenvalue weighted by Crippen LogP contribution is -2.60. The molecule has 4 fully saturated rings. The van der Waals surface area contributed by atoms with Gasteiger partial charge in [-0.25, -0.2) is 19.2 Å². The topological polar surface area (TPSA) is 162 Å². The van der Waals surface area contributed by atoms with Crippen molar-refractivity contribution in [3.63, 3.8) is 0 Å². The van der Waals surface area contributed by atoms with Crippen molar-refractivity contribution in [2.24, 2.45) is 0 Å². The first-order chi connectivity index (χ1) is 21.7. The van der Waals surface area contributed by atoms with E-state index in [1.54, 1.807) is 0 Å². The Morgan fingerprint density at radius 3 is 1.60 bits per heavy atom. The summed E-state index contributed by atoms with van der Waals surface area (Å²) in [5, 5.41) is 14.8. The molecule has 2 heterocycles. The second kappa shape index (κ2) is 15.9. The number of carbonyl (C=O) groups excluding carboxylic acids is 5. The molecule has 4 aliphatic rings. The summed E-state index contributed by atoms with van der Waals surface area (Å²) in [6, 6.07) is 8.47. The van der Waals surface area contributed by atoms with Crippen LogP contribution in [0.1, 0.15) is 108 Å². The molecule has 0 unspecified atom stereocenters. The molecule has 1 aromatic carbocycles. The van der Waals surface area contributed by atoms with Gasteiger partial charge in [-0.1, -0.05) is 68.9 Å². The van der Waals surface area contributed by atoms with E-state index < -0.39 is 35.1 Å². The molecule has 12 heteroatoms. The molecule has 246 valence electrons. The minimum atomic E-state index is -1.19. The molecule has 3 N–H and O–H groups in total. The molecular weight excluding hydrogens is 580 g/mol. The zero-order valence-corrected chi connectivity index (χ0v) is 26.0. The van der Waals surface area contributed by atoms with Crippen molar-refractivity contribution in [1.29, 1.82) is 0 Å². The van der Waals surface area contributed by atoms with E-state index in [-0.39, 0.29) is 18.4 Å². The normalized spacial score (nSPS) is 21.1. The summed E-state index contributed by atoms with van der Waals surface area (Å²) < 4.78 is 5.53. The van der Waals surface area contributed by atoms with Crippen molar-refractivity contribution >= 4 is 35.8 Å². The standard InChI is InChI=1S/C20H26N2O4.C13H20N2O4/c23-17-11-5-8-14-22(17)19(25)21-20(12-6-2-7-13-20)18(24)26-15-16-9-3-1-4-10-16;16-10-6-2-5-9-15(10)12(19)14-13(11(17)18)7-3-1-4-8-13/h1,3-4,9-10H,2,5-8,11-15H2,(H,21,25);1-9H2,(H,14,19)(H,17,18). The van der Waals surface area contributed by atoms with Gasteiger partial charge in [-0.2, -0.15) is 0 Å². The molecule has 0 atom stereocenters. The minimum absolute atomic E-state index is 0.169. The fourth-order valence-corrected chi connectivity index (χ4v) is 6.53. The number of amides is 6. The fraction of sp³-hybridized carbons (Fsp3) is 0.636. The van der Waals surface area contributed by atoms with E-state index in [0.717, 1.165) is 74.7 Å². The van der Waals surface area contributed by atoms with Gasteiger partial charge in [0, 0.05) is 25.9 Å². The van der Waals surface area contributed by atoms with Gasteiger partial charge in [0.05, 0.1) is 0 Å². The number of rotatable bonds is 6. The quantitative estimate of drug-likeness (QED) is 0.384. The molecule has 0 radical (unpaired) electrons. The Hall–Kier alpha value is -3.96. The second-order valence-corrected chi connectivity index (χ2v) is 12.5. The number of likely N-dealkylation sites (tertiary alicyclic amines) is 2. The summed E-state index contributed by atoms with van der Waals surface area (Å²) >= 11 is 0. The van der Waals surface area contributed by atoms with Gasteiger partial charge in [0.25, 0.3) is 0 Å². The van der Waals surface area contributed by atoms with Crippen LogP contribution >= 0.6 is 0 Å². The van der Waals surface area contributed by atoms with E-state index in [0.29, 0.717) is 51.6 Å². The van der Waals surface area contributed by atoms with Gasteiger partial charge in [-0.05, 0) is 56.9 Å². The van der Waals surface area contributed by atoms with E-state index in [2.05, 4.69) is 10.6 Å². The van der Waals surface area contributed by atoms with Crippen LogP contribution in [-0.4, -0.2) is 74.9 Å². The molecule has 0 spiro atoms. The summed E-state index contributed by atoms with van der Waals surface area (Å²) in [6.45, 7) is 0.986. The summed E-state index contributed by atoms with van der Waals surface area (Å²) in [5.74, 6) is -1.78. The van der Waals surface area contributed by atoms with Crippen LogP contribution < -0.4 is 10.6 Å². The first-order valence-electron chi connectivity index (χ1n) is 16.4. The lowest BCUT2D eigenvalue weighted by atomic mass is 9.81. The number of hydrogen-bond acceptors (Lipinski definition) is 7. The number of aliphatic carboxylic acids is 1. The van der Waals surface area contributed by atoms with Gasteiger partial charge >= 0.3 is 24.0 Å². The highest BCUT2D eigenvalue weighted by atomic mass is 16.5. The summed E-state index contributed by atoms with van der Waals surface area (Å²) in [5.41, 5.74) is -1.31. The Kier molecular flexibility index (Phi) is 12.0. The maximum atomic E-state index is 12.9. The first kappa shape index (κ1) is 33.9. The number of esters is 1. The van der Waals surface area contributed by atoms with Crippen LogP contribution in [0.3, 0.4) is 0 Å². The van der Waals surface area contributed by atoms with Gasteiger partial charge in [-0.15, -0.1) is 0 Å². The van der Waals surface area contributed by atoms with E-state index in [4.69, 9.17) is 4.74 Å². The van der Waals surface area contributed by atoms with Crippen LogP contribution in [-0.2, 0) is 30.5 Å². The monoisotopic (exact) mass is 626 g/mol. The number of ether oxygens (including phenoxy) is 1. The Morgan fingerprint density at radius 2 is 1.13 bits per heavy atom. The second-order valence-electron chi connectivity index (χ2n) is 12.5. The minimum Gasteiger partial charge on any atom is -0.480 e. The third-order valence-electron chi connectivity index (χ3n) is 9.26. The van der Waals surface area contributed by atoms with E-state index in [1.165, 1.54) is 4.90 Å². The van der Waals surface area contributed by atoms with E-state index in [1.807, 2.05) is 30.3 Å². The SMILES string of the molecule is O=C1CCCCN1C(=O)NC1(C(=O)O)CCCCC1.O=C1CCCCN1C(=O)NC1(C(=O)OCc2ccccc2)CCCCC1. The highest BCUT2D eigenvalue weighted by Crippen LogP contribution is 2.31.